The van der Waals surface area contributed by atoms with Gasteiger partial charge in [-0.3, -0.25) is 9.69 Å². The highest BCUT2D eigenvalue weighted by molar-refractivity contribution is 6.00. The molecule has 5 heteroatoms. The average molecular weight is 495 g/mol. The number of benzene rings is 3. The third-order valence-electron chi connectivity index (χ3n) is 8.49. The van der Waals surface area contributed by atoms with E-state index in [-0.39, 0.29) is 12.0 Å². The molecule has 3 aliphatic rings. The summed E-state index contributed by atoms with van der Waals surface area (Å²) < 4.78 is 0. The topological polar surface area (TPSA) is 64.0 Å². The maximum absolute atomic E-state index is 11.2. The van der Waals surface area contributed by atoms with Crippen molar-refractivity contribution in [2.75, 3.05) is 37.6 Å². The summed E-state index contributed by atoms with van der Waals surface area (Å²) >= 11 is 0. The zero-order valence-corrected chi connectivity index (χ0v) is 21.2. The average Bonchev–Trinajstić information content (AvgIpc) is 3.44. The molecule has 1 unspecified atom stereocenters. The number of carboxylic acids is 1. The van der Waals surface area contributed by atoms with Crippen molar-refractivity contribution >= 4 is 22.8 Å². The first-order valence-electron chi connectivity index (χ1n) is 13.4. The zero-order chi connectivity index (χ0) is 25.4. The molecule has 2 heterocycles. The van der Waals surface area contributed by atoms with E-state index in [0.29, 0.717) is 5.75 Å². The van der Waals surface area contributed by atoms with Crippen LogP contribution in [0.1, 0.15) is 47.9 Å². The number of carboxylic acid groups (broad SMARTS) is 1. The fraction of sp³-hybridized carbons (Fsp3) is 0.344. The summed E-state index contributed by atoms with van der Waals surface area (Å²) in [6.07, 6.45) is 5.20. The van der Waals surface area contributed by atoms with Crippen molar-refractivity contribution in [3.8, 4) is 5.75 Å². The number of aliphatic carboxylic acids is 1. The molecule has 2 N–H and O–H groups in total. The van der Waals surface area contributed by atoms with Crippen LogP contribution in [0.3, 0.4) is 0 Å². The van der Waals surface area contributed by atoms with E-state index in [9.17, 15) is 15.0 Å². The number of anilines is 1. The summed E-state index contributed by atoms with van der Waals surface area (Å²) in [5.41, 5.74) is 8.96. The van der Waals surface area contributed by atoms with Crippen molar-refractivity contribution < 1.29 is 15.0 Å². The molecule has 2 aliphatic heterocycles. The molecule has 2 saturated heterocycles. The molecule has 0 aromatic heterocycles. The Balaban J connectivity index is 1.31. The summed E-state index contributed by atoms with van der Waals surface area (Å²) in [5.74, 6) is -0.407. The number of hydrogen-bond acceptors (Lipinski definition) is 4. The lowest BCUT2D eigenvalue weighted by Crippen LogP contribution is -2.33. The first-order valence-corrected chi connectivity index (χ1v) is 13.4. The molecular formula is C32H34N2O3. The van der Waals surface area contributed by atoms with Crippen molar-refractivity contribution in [3.63, 3.8) is 0 Å². The van der Waals surface area contributed by atoms with Gasteiger partial charge < -0.3 is 15.1 Å². The highest BCUT2D eigenvalue weighted by atomic mass is 16.4. The number of rotatable bonds is 5. The van der Waals surface area contributed by atoms with Crippen LogP contribution in [0.5, 0.6) is 5.75 Å². The summed E-state index contributed by atoms with van der Waals surface area (Å²) in [7, 11) is 0. The second-order valence-corrected chi connectivity index (χ2v) is 11.0. The molecule has 0 bridgehead atoms. The Hall–Kier alpha value is -3.57. The van der Waals surface area contributed by atoms with Crippen LogP contribution in [0, 0.1) is 5.41 Å². The highest BCUT2D eigenvalue weighted by Crippen LogP contribution is 2.43. The molecule has 1 spiro atoms. The molecule has 1 atom stereocenters. The standard InChI is InChI=1S/C32H34N2O3/c35-27-13-14-29-25(19-27)7-4-8-28(23-5-2-1-3-6-23)31(29)24-9-11-26(12-10-24)34-18-16-32(22-34)15-17-33(21-32)20-30(36)37/h1-3,5-6,9-14,19,35H,4,7-8,15-18,20-22H2,(H,36,37). The lowest BCUT2D eigenvalue weighted by atomic mass is 9.86. The minimum atomic E-state index is -0.734. The fourth-order valence-electron chi connectivity index (χ4n) is 6.71. The van der Waals surface area contributed by atoms with E-state index >= 15 is 0 Å². The maximum Gasteiger partial charge on any atom is 0.317 e. The molecule has 3 aromatic carbocycles. The van der Waals surface area contributed by atoms with Gasteiger partial charge in [0, 0.05) is 30.7 Å². The normalized spacial score (nSPS) is 21.9. The van der Waals surface area contributed by atoms with Crippen LogP contribution in [-0.4, -0.2) is 53.8 Å². The van der Waals surface area contributed by atoms with Crippen LogP contribution in [0.25, 0.3) is 11.1 Å². The van der Waals surface area contributed by atoms with Gasteiger partial charge in [0.05, 0.1) is 6.54 Å². The predicted octanol–water partition coefficient (Wildman–Crippen LogP) is 5.67. The number of likely N-dealkylation sites (tertiary alicyclic amines) is 1. The summed E-state index contributed by atoms with van der Waals surface area (Å²) in [6.45, 7) is 3.91. The predicted molar refractivity (Wildman–Crippen MR) is 148 cm³/mol. The van der Waals surface area contributed by atoms with Gasteiger partial charge in [0.25, 0.3) is 0 Å². The molecule has 190 valence electrons. The summed E-state index contributed by atoms with van der Waals surface area (Å²) in [4.78, 5) is 15.7. The summed E-state index contributed by atoms with van der Waals surface area (Å²) in [6, 6.07) is 25.5. The van der Waals surface area contributed by atoms with Gasteiger partial charge in [-0.2, -0.15) is 0 Å². The van der Waals surface area contributed by atoms with Gasteiger partial charge in [0.15, 0.2) is 0 Å². The third kappa shape index (κ3) is 4.76. The van der Waals surface area contributed by atoms with Crippen LogP contribution in [0.15, 0.2) is 72.8 Å². The number of carbonyl (C=O) groups is 1. The number of nitrogens with zero attached hydrogens (tertiary/aromatic N) is 2. The molecule has 37 heavy (non-hydrogen) atoms. The molecule has 0 saturated carbocycles. The monoisotopic (exact) mass is 494 g/mol. The van der Waals surface area contributed by atoms with E-state index in [0.717, 1.165) is 58.3 Å². The van der Waals surface area contributed by atoms with Crippen LogP contribution in [0.2, 0.25) is 0 Å². The van der Waals surface area contributed by atoms with Gasteiger partial charge in [-0.1, -0.05) is 48.5 Å². The van der Waals surface area contributed by atoms with Crippen LogP contribution in [-0.2, 0) is 11.2 Å². The molecule has 1 aliphatic carbocycles. The largest absolute Gasteiger partial charge is 0.508 e. The van der Waals surface area contributed by atoms with E-state index in [4.69, 9.17) is 0 Å². The third-order valence-corrected chi connectivity index (χ3v) is 8.49. The molecule has 0 amide bonds. The van der Waals surface area contributed by atoms with Crippen molar-refractivity contribution in [2.24, 2.45) is 5.41 Å². The first kappa shape index (κ1) is 23.8. The Bertz CT molecular complexity index is 1330. The zero-order valence-electron chi connectivity index (χ0n) is 21.2. The number of phenols is 1. The Kier molecular flexibility index (Phi) is 6.25. The maximum atomic E-state index is 11.2. The van der Waals surface area contributed by atoms with Gasteiger partial charge in [0.1, 0.15) is 5.75 Å². The molecule has 5 nitrogen and oxygen atoms in total. The van der Waals surface area contributed by atoms with Gasteiger partial charge in [-0.15, -0.1) is 0 Å². The number of aromatic hydroxyl groups is 1. The van der Waals surface area contributed by atoms with Crippen molar-refractivity contribution in [3.05, 3.63) is 95.1 Å². The summed E-state index contributed by atoms with van der Waals surface area (Å²) in [5, 5.41) is 19.4. The number of hydrogen-bond donors (Lipinski definition) is 2. The minimum Gasteiger partial charge on any atom is -0.508 e. The lowest BCUT2D eigenvalue weighted by molar-refractivity contribution is -0.138. The second-order valence-electron chi connectivity index (χ2n) is 11.0. The van der Waals surface area contributed by atoms with Crippen LogP contribution < -0.4 is 4.90 Å². The van der Waals surface area contributed by atoms with Crippen molar-refractivity contribution in [2.45, 2.75) is 32.1 Å². The molecule has 3 aromatic rings. The highest BCUT2D eigenvalue weighted by Gasteiger charge is 2.43. The van der Waals surface area contributed by atoms with Crippen LogP contribution >= 0.6 is 0 Å². The smallest absolute Gasteiger partial charge is 0.317 e. The van der Waals surface area contributed by atoms with Crippen molar-refractivity contribution in [1.82, 2.24) is 4.90 Å². The number of aryl methyl sites for hydroxylation is 1. The van der Waals surface area contributed by atoms with Gasteiger partial charge in [-0.25, -0.2) is 0 Å². The number of fused-ring (bicyclic) bond motifs is 1. The van der Waals surface area contributed by atoms with E-state index < -0.39 is 5.97 Å². The fourth-order valence-corrected chi connectivity index (χ4v) is 6.71. The molecular weight excluding hydrogens is 460 g/mol. The van der Waals surface area contributed by atoms with Crippen molar-refractivity contribution in [1.29, 1.82) is 0 Å². The quantitative estimate of drug-likeness (QED) is 0.478. The van der Waals surface area contributed by atoms with Gasteiger partial charge in [-0.05, 0) is 96.3 Å². The van der Waals surface area contributed by atoms with Crippen LogP contribution in [0.4, 0.5) is 5.69 Å². The molecule has 0 radical (unpaired) electrons. The number of phenolic OH excluding ortho intramolecular Hbond substituents is 1. The Morgan fingerprint density at radius 1 is 0.865 bits per heavy atom. The van der Waals surface area contributed by atoms with Gasteiger partial charge >= 0.3 is 5.97 Å². The Morgan fingerprint density at radius 2 is 1.65 bits per heavy atom. The lowest BCUT2D eigenvalue weighted by Gasteiger charge is -2.25. The first-order chi connectivity index (χ1) is 18.0. The number of allylic oxidation sites excluding steroid dienone is 1. The minimum absolute atomic E-state index is 0.147. The Labute approximate surface area is 218 Å². The molecule has 6 rings (SSSR count). The van der Waals surface area contributed by atoms with E-state index in [1.807, 2.05) is 6.07 Å². The SMILES string of the molecule is O=C(O)CN1CCC2(CCN(c3ccc(C4=C(c5ccccc5)CCCc5cc(O)ccc54)cc3)C2)C1. The molecule has 2 fully saturated rings. The van der Waals surface area contributed by atoms with Gasteiger partial charge in [0.2, 0.25) is 0 Å². The van der Waals surface area contributed by atoms with E-state index in [2.05, 4.69) is 70.5 Å². The van der Waals surface area contributed by atoms with E-state index in [1.165, 1.54) is 39.1 Å². The van der Waals surface area contributed by atoms with E-state index in [1.54, 1.807) is 6.07 Å². The second kappa shape index (κ2) is 9.71. The Morgan fingerprint density at radius 3 is 2.43 bits per heavy atom.